The van der Waals surface area contributed by atoms with Gasteiger partial charge in [0.25, 0.3) is 5.91 Å². The molecule has 8 heteroatoms. The summed E-state index contributed by atoms with van der Waals surface area (Å²) in [5, 5.41) is 0. The summed E-state index contributed by atoms with van der Waals surface area (Å²) >= 11 is 0. The van der Waals surface area contributed by atoms with Gasteiger partial charge in [0.05, 0.1) is 11.8 Å². The highest BCUT2D eigenvalue weighted by Gasteiger charge is 2.24. The number of rotatable bonds is 4. The maximum absolute atomic E-state index is 13.3. The Balaban J connectivity index is 1.43. The number of carbonyl (C=O) groups is 1. The minimum atomic E-state index is -0.517. The number of halogens is 1. The van der Waals surface area contributed by atoms with Crippen LogP contribution in [-0.2, 0) is 0 Å². The van der Waals surface area contributed by atoms with Gasteiger partial charge < -0.3 is 14.5 Å². The summed E-state index contributed by atoms with van der Waals surface area (Å²) in [6, 6.07) is 12.5. The van der Waals surface area contributed by atoms with Gasteiger partial charge in [-0.15, -0.1) is 0 Å². The number of hydrogen-bond donors (Lipinski definition) is 0. The largest absolute Gasteiger partial charge is 0.439 e. The number of anilines is 1. The fourth-order valence-corrected chi connectivity index (χ4v) is 3.20. The molecule has 0 spiro atoms. The number of pyridine rings is 1. The van der Waals surface area contributed by atoms with Gasteiger partial charge in [0.1, 0.15) is 23.2 Å². The lowest BCUT2D eigenvalue weighted by atomic mass is 10.2. The highest BCUT2D eigenvalue weighted by Crippen LogP contribution is 2.24. The van der Waals surface area contributed by atoms with Gasteiger partial charge >= 0.3 is 0 Å². The SMILES string of the molecule is Cc1nc(Oc2ccccc2)cc(N2CCN(C(=O)c3cncc(F)c3)CC2)n1. The van der Waals surface area contributed by atoms with Crippen LogP contribution in [0, 0.1) is 12.7 Å². The molecule has 0 aliphatic carbocycles. The van der Waals surface area contributed by atoms with E-state index >= 15 is 0 Å². The summed E-state index contributed by atoms with van der Waals surface area (Å²) in [5.74, 6) is 1.81. The third-order valence-electron chi connectivity index (χ3n) is 4.61. The van der Waals surface area contributed by atoms with E-state index in [0.717, 1.165) is 12.0 Å². The Morgan fingerprint density at radius 3 is 2.52 bits per heavy atom. The van der Waals surface area contributed by atoms with Crippen LogP contribution in [0.2, 0.25) is 0 Å². The van der Waals surface area contributed by atoms with Gasteiger partial charge in [-0.1, -0.05) is 18.2 Å². The zero-order chi connectivity index (χ0) is 20.2. The van der Waals surface area contributed by atoms with E-state index in [4.69, 9.17) is 4.74 Å². The van der Waals surface area contributed by atoms with Crippen molar-refractivity contribution in [3.05, 3.63) is 72.1 Å². The van der Waals surface area contributed by atoms with Crippen LogP contribution in [0.15, 0.2) is 54.9 Å². The number of aryl methyl sites for hydroxylation is 1. The number of ether oxygens (including phenoxy) is 1. The predicted molar refractivity (Wildman–Crippen MR) is 106 cm³/mol. The highest BCUT2D eigenvalue weighted by atomic mass is 19.1. The van der Waals surface area contributed by atoms with Crippen LogP contribution >= 0.6 is 0 Å². The van der Waals surface area contributed by atoms with Crippen LogP contribution in [0.5, 0.6) is 11.6 Å². The monoisotopic (exact) mass is 393 g/mol. The lowest BCUT2D eigenvalue weighted by molar-refractivity contribution is 0.0745. The number of carbonyl (C=O) groups excluding carboxylic acids is 1. The number of hydrogen-bond acceptors (Lipinski definition) is 6. The van der Waals surface area contributed by atoms with Gasteiger partial charge in [-0.05, 0) is 25.1 Å². The fourth-order valence-electron chi connectivity index (χ4n) is 3.20. The minimum Gasteiger partial charge on any atom is -0.439 e. The Kier molecular flexibility index (Phi) is 5.33. The van der Waals surface area contributed by atoms with E-state index in [-0.39, 0.29) is 11.5 Å². The molecule has 0 atom stereocenters. The summed E-state index contributed by atoms with van der Waals surface area (Å²) in [5.41, 5.74) is 0.259. The molecule has 2 aromatic heterocycles. The van der Waals surface area contributed by atoms with E-state index in [1.165, 1.54) is 12.3 Å². The van der Waals surface area contributed by atoms with Crippen molar-refractivity contribution in [2.24, 2.45) is 0 Å². The van der Waals surface area contributed by atoms with Gasteiger partial charge in [0.2, 0.25) is 5.88 Å². The summed E-state index contributed by atoms with van der Waals surface area (Å²) in [4.78, 5) is 29.0. The normalized spacial score (nSPS) is 14.0. The molecular weight excluding hydrogens is 373 g/mol. The number of aromatic nitrogens is 3. The third kappa shape index (κ3) is 4.48. The summed E-state index contributed by atoms with van der Waals surface area (Å²) < 4.78 is 19.2. The van der Waals surface area contributed by atoms with Crippen molar-refractivity contribution in [2.45, 2.75) is 6.92 Å². The van der Waals surface area contributed by atoms with Crippen LogP contribution in [-0.4, -0.2) is 51.9 Å². The van der Waals surface area contributed by atoms with E-state index in [2.05, 4.69) is 19.9 Å². The number of para-hydroxylation sites is 1. The van der Waals surface area contributed by atoms with Crippen LogP contribution in [0.4, 0.5) is 10.2 Å². The molecule has 7 nitrogen and oxygen atoms in total. The van der Waals surface area contributed by atoms with Gasteiger partial charge in [0, 0.05) is 38.4 Å². The van der Waals surface area contributed by atoms with Crippen molar-refractivity contribution in [1.29, 1.82) is 0 Å². The van der Waals surface area contributed by atoms with Crippen molar-refractivity contribution in [3.8, 4) is 11.6 Å². The predicted octanol–water partition coefficient (Wildman–Crippen LogP) is 3.07. The third-order valence-corrected chi connectivity index (χ3v) is 4.61. The zero-order valence-electron chi connectivity index (χ0n) is 16.0. The van der Waals surface area contributed by atoms with Gasteiger partial charge in [-0.2, -0.15) is 4.98 Å². The first-order valence-corrected chi connectivity index (χ1v) is 9.32. The molecule has 1 fully saturated rings. The van der Waals surface area contributed by atoms with Gasteiger partial charge in [-0.25, -0.2) is 9.37 Å². The molecule has 1 saturated heterocycles. The molecule has 4 rings (SSSR count). The highest BCUT2D eigenvalue weighted by molar-refractivity contribution is 5.94. The van der Waals surface area contributed by atoms with Crippen LogP contribution in [0.3, 0.4) is 0 Å². The average molecular weight is 393 g/mol. The van der Waals surface area contributed by atoms with Crippen molar-refractivity contribution in [3.63, 3.8) is 0 Å². The summed E-state index contributed by atoms with van der Waals surface area (Å²) in [7, 11) is 0. The van der Waals surface area contributed by atoms with Gasteiger partial charge in [-0.3, -0.25) is 9.78 Å². The van der Waals surface area contributed by atoms with E-state index in [9.17, 15) is 9.18 Å². The van der Waals surface area contributed by atoms with Crippen LogP contribution in [0.1, 0.15) is 16.2 Å². The van der Waals surface area contributed by atoms with E-state index in [0.29, 0.717) is 43.6 Å². The first kappa shape index (κ1) is 18.8. The molecule has 0 N–H and O–H groups in total. The Morgan fingerprint density at radius 1 is 1.03 bits per heavy atom. The molecular formula is C21H20FN5O2. The Hall–Kier alpha value is -3.55. The second-order valence-electron chi connectivity index (χ2n) is 6.70. The standard InChI is InChI=1S/C21H20FN5O2/c1-15-24-19(12-20(25-15)29-18-5-3-2-4-6-18)26-7-9-27(10-8-26)21(28)16-11-17(22)14-23-13-16/h2-6,11-14H,7-10H2,1H3. The van der Waals surface area contributed by atoms with Crippen LogP contribution in [0.25, 0.3) is 0 Å². The topological polar surface area (TPSA) is 71.5 Å². The average Bonchev–Trinajstić information content (AvgIpc) is 2.74. The van der Waals surface area contributed by atoms with Gasteiger partial charge in [0.15, 0.2) is 0 Å². The second kappa shape index (κ2) is 8.22. The molecule has 3 aromatic rings. The Morgan fingerprint density at radius 2 is 1.79 bits per heavy atom. The first-order chi connectivity index (χ1) is 14.1. The smallest absolute Gasteiger partial charge is 0.255 e. The zero-order valence-corrected chi connectivity index (χ0v) is 16.0. The van der Waals surface area contributed by atoms with Crippen molar-refractivity contribution in [2.75, 3.05) is 31.1 Å². The van der Waals surface area contributed by atoms with E-state index in [1.807, 2.05) is 37.3 Å². The van der Waals surface area contributed by atoms with Crippen molar-refractivity contribution >= 4 is 11.7 Å². The van der Waals surface area contributed by atoms with E-state index < -0.39 is 5.82 Å². The number of nitrogens with zero attached hydrogens (tertiary/aromatic N) is 5. The molecule has 0 saturated carbocycles. The maximum Gasteiger partial charge on any atom is 0.255 e. The fraction of sp³-hybridized carbons (Fsp3) is 0.238. The maximum atomic E-state index is 13.3. The molecule has 3 heterocycles. The second-order valence-corrected chi connectivity index (χ2v) is 6.70. The Bertz CT molecular complexity index is 1010. The van der Waals surface area contributed by atoms with Crippen molar-refractivity contribution < 1.29 is 13.9 Å². The molecule has 1 aromatic carbocycles. The Labute approximate surface area is 167 Å². The minimum absolute atomic E-state index is 0.219. The lowest BCUT2D eigenvalue weighted by Crippen LogP contribution is -2.49. The van der Waals surface area contributed by atoms with E-state index in [1.54, 1.807) is 11.0 Å². The molecule has 1 aliphatic heterocycles. The first-order valence-electron chi connectivity index (χ1n) is 9.32. The number of benzene rings is 1. The lowest BCUT2D eigenvalue weighted by Gasteiger charge is -2.35. The quantitative estimate of drug-likeness (QED) is 0.678. The summed E-state index contributed by atoms with van der Waals surface area (Å²) in [6.45, 7) is 4.05. The number of piperazine rings is 1. The number of amides is 1. The molecule has 1 aliphatic rings. The molecule has 0 bridgehead atoms. The summed E-state index contributed by atoms with van der Waals surface area (Å²) in [6.07, 6.45) is 2.47. The molecule has 0 radical (unpaired) electrons. The van der Waals surface area contributed by atoms with Crippen LogP contribution < -0.4 is 9.64 Å². The molecule has 29 heavy (non-hydrogen) atoms. The molecule has 148 valence electrons. The van der Waals surface area contributed by atoms with Crippen molar-refractivity contribution in [1.82, 2.24) is 19.9 Å². The molecule has 0 unspecified atom stereocenters. The molecule has 1 amide bonds.